The molecule has 0 unspecified atom stereocenters. The smallest absolute Gasteiger partial charge is 0.282 e. The molecule has 36 heavy (non-hydrogen) atoms. The van der Waals surface area contributed by atoms with E-state index in [-0.39, 0.29) is 41.6 Å². The number of aromatic nitrogens is 3. The van der Waals surface area contributed by atoms with Gasteiger partial charge >= 0.3 is 0 Å². The van der Waals surface area contributed by atoms with Gasteiger partial charge in [-0.15, -0.1) is 0 Å². The van der Waals surface area contributed by atoms with Crippen molar-refractivity contribution in [1.82, 2.24) is 19.0 Å². The highest BCUT2D eigenvalue weighted by Gasteiger charge is 2.33. The first kappa shape index (κ1) is 23.2. The number of nitro benzene ring substituents is 1. The number of imidazole rings is 1. The molecule has 3 aliphatic heterocycles. The van der Waals surface area contributed by atoms with E-state index in [9.17, 15) is 24.5 Å². The van der Waals surface area contributed by atoms with Crippen LogP contribution >= 0.6 is 0 Å². The Kier molecular flexibility index (Phi) is 6.16. The highest BCUT2D eigenvalue weighted by atomic mass is 16.6. The largest absolute Gasteiger partial charge is 0.342 e. The van der Waals surface area contributed by atoms with Gasteiger partial charge in [-0.1, -0.05) is 30.3 Å². The Balaban J connectivity index is 1.32. The van der Waals surface area contributed by atoms with Crippen LogP contribution in [0.15, 0.2) is 78.0 Å². The second-order valence-corrected chi connectivity index (χ2v) is 8.77. The number of likely N-dealkylation sites (tertiary alicyclic amines) is 1. The van der Waals surface area contributed by atoms with Gasteiger partial charge in [-0.05, 0) is 30.5 Å². The van der Waals surface area contributed by atoms with Crippen molar-refractivity contribution in [1.29, 1.82) is 0 Å². The van der Waals surface area contributed by atoms with Crippen LogP contribution in [0.25, 0.3) is 17.1 Å². The second kappa shape index (κ2) is 9.57. The maximum absolute atomic E-state index is 13.1. The van der Waals surface area contributed by atoms with Crippen LogP contribution < -0.4 is 5.56 Å². The van der Waals surface area contributed by atoms with Crippen LogP contribution in [0.1, 0.15) is 18.4 Å². The zero-order chi connectivity index (χ0) is 25.2. The Labute approximate surface area is 205 Å². The molecule has 0 spiro atoms. The minimum absolute atomic E-state index is 0.0458. The topological polar surface area (TPSA) is 120 Å². The van der Waals surface area contributed by atoms with E-state index >= 15 is 0 Å². The quantitative estimate of drug-likeness (QED) is 0.293. The van der Waals surface area contributed by atoms with Crippen LogP contribution in [0.4, 0.5) is 5.69 Å². The summed E-state index contributed by atoms with van der Waals surface area (Å²) in [6.45, 7) is 0.606. The summed E-state index contributed by atoms with van der Waals surface area (Å²) in [5, 5.41) is 10.9. The minimum atomic E-state index is -0.508. The van der Waals surface area contributed by atoms with Crippen molar-refractivity contribution in [3.05, 3.63) is 99.2 Å². The standard InChI is InChI=1S/C26H23N5O5/c32-22(21-7-4-12-29(21)24(33)15-18-5-2-1-3-6-18)16-28-13-14-30-23(17-28)27-25(26(30)34)19-8-10-20(11-9-19)31(35)36/h1-3,5-6,8-11,13-14,17,21H,4,7,12,15-16H2/t21-/m0/s1. The summed E-state index contributed by atoms with van der Waals surface area (Å²) in [5.41, 5.74) is 1.12. The Bertz CT molecular complexity index is 1460. The lowest BCUT2D eigenvalue weighted by molar-refractivity contribution is -0.384. The fourth-order valence-electron chi connectivity index (χ4n) is 4.60. The number of nitrogens with zero attached hydrogens (tertiary/aromatic N) is 5. The average Bonchev–Trinajstić information content (AvgIpc) is 3.50. The summed E-state index contributed by atoms with van der Waals surface area (Å²) >= 11 is 0. The molecule has 2 aromatic rings. The molecule has 182 valence electrons. The number of ketones is 1. The number of rotatable bonds is 7. The van der Waals surface area contributed by atoms with Crippen molar-refractivity contribution >= 4 is 17.4 Å². The van der Waals surface area contributed by atoms with Gasteiger partial charge in [0.25, 0.3) is 11.2 Å². The van der Waals surface area contributed by atoms with E-state index in [0.717, 1.165) is 12.0 Å². The maximum atomic E-state index is 13.1. The molecule has 0 aliphatic carbocycles. The molecule has 1 amide bonds. The van der Waals surface area contributed by atoms with Crippen LogP contribution in [0.3, 0.4) is 0 Å². The van der Waals surface area contributed by atoms with Crippen LogP contribution in [0.2, 0.25) is 0 Å². The monoisotopic (exact) mass is 485 g/mol. The zero-order valence-corrected chi connectivity index (χ0v) is 19.3. The highest BCUT2D eigenvalue weighted by Crippen LogP contribution is 2.22. The normalized spacial score (nSPS) is 15.3. The van der Waals surface area contributed by atoms with Gasteiger partial charge < -0.3 is 9.47 Å². The fraction of sp³-hybridized carbons (Fsp3) is 0.231. The van der Waals surface area contributed by atoms with E-state index in [1.165, 1.54) is 28.8 Å². The number of hydrogen-bond acceptors (Lipinski definition) is 6. The molecule has 0 aromatic heterocycles. The molecule has 5 rings (SSSR count). The Morgan fingerprint density at radius 2 is 1.81 bits per heavy atom. The third-order valence-electron chi connectivity index (χ3n) is 6.42. The number of fused-ring (bicyclic) bond motifs is 1. The predicted octanol–water partition coefficient (Wildman–Crippen LogP) is 2.85. The number of carbonyl (C=O) groups excluding carboxylic acids is 2. The second-order valence-electron chi connectivity index (χ2n) is 8.77. The summed E-state index contributed by atoms with van der Waals surface area (Å²) in [6, 6.07) is 14.6. The van der Waals surface area contributed by atoms with Gasteiger partial charge in [-0.3, -0.25) is 29.1 Å². The fourth-order valence-corrected chi connectivity index (χ4v) is 4.60. The summed E-state index contributed by atoms with van der Waals surface area (Å²) in [7, 11) is 0. The first-order chi connectivity index (χ1) is 17.4. The van der Waals surface area contributed by atoms with Gasteiger partial charge in [0.15, 0.2) is 11.6 Å². The van der Waals surface area contributed by atoms with Crippen molar-refractivity contribution in [3.8, 4) is 17.1 Å². The van der Waals surface area contributed by atoms with Crippen LogP contribution in [-0.4, -0.2) is 48.2 Å². The number of benzene rings is 2. The van der Waals surface area contributed by atoms with Crippen molar-refractivity contribution in [2.24, 2.45) is 0 Å². The zero-order valence-electron chi connectivity index (χ0n) is 19.3. The number of non-ortho nitro benzene ring substituents is 1. The van der Waals surface area contributed by atoms with E-state index < -0.39 is 11.0 Å². The number of carbonyl (C=O) groups is 2. The molecular formula is C26H23N5O5. The summed E-state index contributed by atoms with van der Waals surface area (Å²) in [4.78, 5) is 55.3. The van der Waals surface area contributed by atoms with Gasteiger partial charge in [0, 0.05) is 42.8 Å². The van der Waals surface area contributed by atoms with Crippen molar-refractivity contribution in [2.45, 2.75) is 31.8 Å². The molecule has 0 saturated carbocycles. The van der Waals surface area contributed by atoms with Crippen LogP contribution in [0.5, 0.6) is 0 Å². The average molecular weight is 486 g/mol. The van der Waals surface area contributed by atoms with E-state index in [2.05, 4.69) is 4.98 Å². The van der Waals surface area contributed by atoms with Crippen LogP contribution in [-0.2, 0) is 22.6 Å². The lowest BCUT2D eigenvalue weighted by Gasteiger charge is -2.24. The molecule has 0 N–H and O–H groups in total. The van der Waals surface area contributed by atoms with Gasteiger partial charge in [0.2, 0.25) is 5.91 Å². The lowest BCUT2D eigenvalue weighted by Crippen LogP contribution is -2.42. The molecular weight excluding hydrogens is 462 g/mol. The first-order valence-electron chi connectivity index (χ1n) is 11.6. The first-order valence-corrected chi connectivity index (χ1v) is 11.6. The van der Waals surface area contributed by atoms with E-state index in [0.29, 0.717) is 24.3 Å². The lowest BCUT2D eigenvalue weighted by atomic mass is 10.1. The number of amides is 1. The van der Waals surface area contributed by atoms with Gasteiger partial charge in [-0.25, -0.2) is 4.98 Å². The Morgan fingerprint density at radius 3 is 2.53 bits per heavy atom. The predicted molar refractivity (Wildman–Crippen MR) is 131 cm³/mol. The third-order valence-corrected chi connectivity index (χ3v) is 6.42. The number of hydrogen-bond donors (Lipinski definition) is 0. The summed E-state index contributed by atoms with van der Waals surface area (Å²) < 4.78 is 3.02. The molecule has 1 atom stereocenters. The van der Waals surface area contributed by atoms with Crippen molar-refractivity contribution in [3.63, 3.8) is 0 Å². The number of Topliss-reactive ketones (excluding diaryl/α,β-unsaturated/α-hetero) is 1. The molecule has 10 nitrogen and oxygen atoms in total. The molecule has 0 bridgehead atoms. The highest BCUT2D eigenvalue weighted by molar-refractivity contribution is 5.90. The molecule has 3 heterocycles. The van der Waals surface area contributed by atoms with E-state index in [1.807, 2.05) is 30.3 Å². The molecule has 1 fully saturated rings. The summed E-state index contributed by atoms with van der Waals surface area (Å²) in [5.74, 6) is 0.217. The Hall–Kier alpha value is -4.60. The van der Waals surface area contributed by atoms with Crippen molar-refractivity contribution in [2.75, 3.05) is 6.54 Å². The molecule has 1 saturated heterocycles. The Morgan fingerprint density at radius 1 is 1.06 bits per heavy atom. The van der Waals surface area contributed by atoms with Gasteiger partial charge in [-0.2, -0.15) is 0 Å². The maximum Gasteiger partial charge on any atom is 0.282 e. The van der Waals surface area contributed by atoms with Crippen molar-refractivity contribution < 1.29 is 14.5 Å². The summed E-state index contributed by atoms with van der Waals surface area (Å²) in [6.07, 6.45) is 6.44. The molecule has 2 aromatic carbocycles. The third kappa shape index (κ3) is 4.52. The molecule has 0 radical (unpaired) electrons. The van der Waals surface area contributed by atoms with E-state index in [4.69, 9.17) is 0 Å². The van der Waals surface area contributed by atoms with Crippen LogP contribution in [0, 0.1) is 10.1 Å². The molecule has 10 heteroatoms. The van der Waals surface area contributed by atoms with E-state index in [1.54, 1.807) is 28.1 Å². The number of nitro groups is 1. The minimum Gasteiger partial charge on any atom is -0.342 e. The van der Waals surface area contributed by atoms with Gasteiger partial charge in [0.05, 0.1) is 23.9 Å². The van der Waals surface area contributed by atoms with Gasteiger partial charge in [0.1, 0.15) is 5.69 Å². The molecule has 3 aliphatic rings. The SMILES string of the molecule is O=C(Cn1ccn2c(=O)c(-c3ccc([N+](=O)[O-])cc3)nc-2c1)[C@@H]1CCCN1C(=O)Cc1ccccc1.